The predicted octanol–water partition coefficient (Wildman–Crippen LogP) is 3.02. The van der Waals surface area contributed by atoms with E-state index in [1.165, 1.54) is 6.07 Å². The van der Waals surface area contributed by atoms with Crippen molar-refractivity contribution >= 4 is 21.6 Å². The monoisotopic (exact) mass is 356 g/mol. The number of nitrogens with zero attached hydrogens (tertiary/aromatic N) is 1. The number of hydrogen-bond donors (Lipinski definition) is 1. The molecule has 0 aliphatic carbocycles. The molecule has 0 aliphatic heterocycles. The van der Waals surface area contributed by atoms with Gasteiger partial charge in [-0.3, -0.25) is 0 Å². The van der Waals surface area contributed by atoms with Gasteiger partial charge in [0.1, 0.15) is 10.7 Å². The van der Waals surface area contributed by atoms with Crippen LogP contribution < -0.4 is 4.72 Å². The van der Waals surface area contributed by atoms with Gasteiger partial charge in [-0.2, -0.15) is 0 Å². The summed E-state index contributed by atoms with van der Waals surface area (Å²) in [4.78, 5) is 1.58. The maximum Gasteiger partial charge on any atom is 0.243 e. The molecule has 0 aromatic heterocycles. The van der Waals surface area contributed by atoms with Gasteiger partial charge in [0.15, 0.2) is 0 Å². The van der Waals surface area contributed by atoms with E-state index in [1.807, 2.05) is 43.3 Å². The highest BCUT2D eigenvalue weighted by atomic mass is 35.5. The van der Waals surface area contributed by atoms with Gasteiger partial charge >= 0.3 is 0 Å². The minimum Gasteiger partial charge on any atom is -0.305 e. The maximum atomic E-state index is 13.8. The molecule has 0 heterocycles. The van der Waals surface area contributed by atoms with Crippen LogP contribution in [-0.4, -0.2) is 27.4 Å². The third-order valence-corrected chi connectivity index (χ3v) is 4.91. The molecule has 0 spiro atoms. The lowest BCUT2D eigenvalue weighted by Gasteiger charge is -2.15. The minimum absolute atomic E-state index is 0.0917. The molecule has 0 aliphatic rings. The number of nitrogens with one attached hydrogen (secondary N) is 1. The van der Waals surface area contributed by atoms with Crippen molar-refractivity contribution in [2.45, 2.75) is 18.0 Å². The zero-order valence-corrected chi connectivity index (χ0v) is 14.5. The van der Waals surface area contributed by atoms with Crippen LogP contribution in [0.5, 0.6) is 0 Å². The molecule has 7 heteroatoms. The summed E-state index contributed by atoms with van der Waals surface area (Å²) in [5, 5.41) is 0.151. The van der Waals surface area contributed by atoms with Crippen molar-refractivity contribution in [1.82, 2.24) is 9.62 Å². The molecule has 2 aromatic carbocycles. The first-order valence-electron chi connectivity index (χ1n) is 6.96. The summed E-state index contributed by atoms with van der Waals surface area (Å²) in [6, 6.07) is 11.0. The zero-order valence-electron chi connectivity index (χ0n) is 12.9. The summed E-state index contributed by atoms with van der Waals surface area (Å²) in [6.07, 6.45) is 0. The molecule has 124 valence electrons. The highest BCUT2D eigenvalue weighted by Gasteiger charge is 2.19. The Morgan fingerprint density at radius 1 is 1.13 bits per heavy atom. The van der Waals surface area contributed by atoms with Crippen molar-refractivity contribution in [2.75, 3.05) is 14.1 Å². The first-order chi connectivity index (χ1) is 10.8. The minimum atomic E-state index is -3.95. The normalized spacial score (nSPS) is 11.9. The molecular weight excluding hydrogens is 339 g/mol. The maximum absolute atomic E-state index is 13.8. The van der Waals surface area contributed by atoms with E-state index in [0.717, 1.165) is 23.3 Å². The van der Waals surface area contributed by atoms with E-state index < -0.39 is 20.7 Å². The van der Waals surface area contributed by atoms with E-state index >= 15 is 0 Å². The fourth-order valence-corrected chi connectivity index (χ4v) is 3.39. The summed E-state index contributed by atoms with van der Waals surface area (Å²) >= 11 is 5.65. The van der Waals surface area contributed by atoms with Gasteiger partial charge in [0, 0.05) is 18.1 Å². The molecule has 4 nitrogen and oxygen atoms in total. The predicted molar refractivity (Wildman–Crippen MR) is 89.3 cm³/mol. The highest BCUT2D eigenvalue weighted by molar-refractivity contribution is 7.89. The van der Waals surface area contributed by atoms with Crippen molar-refractivity contribution in [2.24, 2.45) is 0 Å². The lowest BCUT2D eigenvalue weighted by atomic mass is 10.1. The fraction of sp³-hybridized carbons (Fsp3) is 0.250. The number of benzene rings is 2. The Morgan fingerprint density at radius 2 is 1.78 bits per heavy atom. The van der Waals surface area contributed by atoms with Crippen LogP contribution in [0.1, 0.15) is 11.1 Å². The van der Waals surface area contributed by atoms with Crippen LogP contribution in [0.2, 0.25) is 5.02 Å². The molecule has 0 bridgehead atoms. The van der Waals surface area contributed by atoms with Crippen molar-refractivity contribution in [3.05, 3.63) is 64.4 Å². The molecule has 0 fully saturated rings. The Bertz CT molecular complexity index is 794. The smallest absolute Gasteiger partial charge is 0.243 e. The summed E-state index contributed by atoms with van der Waals surface area (Å²) in [5.41, 5.74) is 1.86. The van der Waals surface area contributed by atoms with Gasteiger partial charge in [0.05, 0.1) is 0 Å². The van der Waals surface area contributed by atoms with Crippen LogP contribution in [0.4, 0.5) is 4.39 Å². The van der Waals surface area contributed by atoms with E-state index in [1.54, 1.807) is 0 Å². The Kier molecular flexibility index (Phi) is 5.75. The van der Waals surface area contributed by atoms with E-state index in [4.69, 9.17) is 11.6 Å². The van der Waals surface area contributed by atoms with Crippen LogP contribution in [0.25, 0.3) is 0 Å². The molecule has 23 heavy (non-hydrogen) atoms. The summed E-state index contributed by atoms with van der Waals surface area (Å²) in [5.74, 6) is -0.869. The van der Waals surface area contributed by atoms with Gasteiger partial charge in [-0.1, -0.05) is 35.9 Å². The summed E-state index contributed by atoms with van der Waals surface area (Å²) in [7, 11) is -0.0793. The third kappa shape index (κ3) is 4.75. The van der Waals surface area contributed by atoms with Crippen molar-refractivity contribution in [3.8, 4) is 0 Å². The van der Waals surface area contributed by atoms with Gasteiger partial charge in [-0.15, -0.1) is 0 Å². The highest BCUT2D eigenvalue weighted by Crippen LogP contribution is 2.19. The van der Waals surface area contributed by atoms with Gasteiger partial charge in [-0.25, -0.2) is 17.5 Å². The van der Waals surface area contributed by atoms with Crippen LogP contribution >= 0.6 is 11.6 Å². The van der Waals surface area contributed by atoms with Gasteiger partial charge in [0.25, 0.3) is 0 Å². The average Bonchev–Trinajstić information content (AvgIpc) is 2.45. The van der Waals surface area contributed by atoms with Crippen molar-refractivity contribution in [1.29, 1.82) is 0 Å². The molecule has 0 unspecified atom stereocenters. The zero-order chi connectivity index (χ0) is 17.0. The molecule has 2 rings (SSSR count). The van der Waals surface area contributed by atoms with Gasteiger partial charge in [0.2, 0.25) is 10.0 Å². The van der Waals surface area contributed by atoms with Crippen LogP contribution in [0.15, 0.2) is 47.4 Å². The Labute approximate surface area is 140 Å². The molecule has 1 N–H and O–H groups in total. The van der Waals surface area contributed by atoms with Crippen molar-refractivity contribution in [3.63, 3.8) is 0 Å². The van der Waals surface area contributed by atoms with Gasteiger partial charge in [-0.05, 0) is 43.4 Å². The van der Waals surface area contributed by atoms with Gasteiger partial charge < -0.3 is 4.90 Å². The quantitative estimate of drug-likeness (QED) is 0.865. The number of rotatable bonds is 6. The second-order valence-electron chi connectivity index (χ2n) is 5.41. The first-order valence-corrected chi connectivity index (χ1v) is 8.82. The Hall–Kier alpha value is -1.47. The Morgan fingerprint density at radius 3 is 2.39 bits per heavy atom. The number of halogens is 2. The van der Waals surface area contributed by atoms with E-state index in [0.29, 0.717) is 6.54 Å². The molecule has 0 saturated heterocycles. The molecule has 2 aromatic rings. The first kappa shape index (κ1) is 17.9. The molecular formula is C16H18ClFN2O2S. The second kappa shape index (κ2) is 7.40. The molecule has 0 atom stereocenters. The topological polar surface area (TPSA) is 49.4 Å². The Balaban J connectivity index is 2.20. The van der Waals surface area contributed by atoms with Crippen LogP contribution in [-0.2, 0) is 23.1 Å². The lowest BCUT2D eigenvalue weighted by molar-refractivity contribution is 0.400. The number of hydrogen-bond acceptors (Lipinski definition) is 3. The SMILES string of the molecule is CN(C)Cc1ccccc1CNS(=O)(=O)c1ccc(Cl)cc1F. The van der Waals surface area contributed by atoms with E-state index in [9.17, 15) is 12.8 Å². The third-order valence-electron chi connectivity index (χ3n) is 3.24. The van der Waals surface area contributed by atoms with Crippen molar-refractivity contribution < 1.29 is 12.8 Å². The van der Waals surface area contributed by atoms with Crippen LogP contribution in [0.3, 0.4) is 0 Å². The summed E-state index contributed by atoms with van der Waals surface area (Å²) in [6.45, 7) is 0.779. The average molecular weight is 357 g/mol. The largest absolute Gasteiger partial charge is 0.305 e. The molecule has 0 radical (unpaired) electrons. The van der Waals surface area contributed by atoms with Crippen LogP contribution in [0, 0.1) is 5.82 Å². The standard InChI is InChI=1S/C16H18ClFN2O2S/c1-20(2)11-13-6-4-3-5-12(13)10-19-23(21,22)16-8-7-14(17)9-15(16)18/h3-9,19H,10-11H2,1-2H3. The number of sulfonamides is 1. The second-order valence-corrected chi connectivity index (χ2v) is 7.58. The van der Waals surface area contributed by atoms with E-state index in [2.05, 4.69) is 4.72 Å². The van der Waals surface area contributed by atoms with E-state index in [-0.39, 0.29) is 11.6 Å². The lowest BCUT2D eigenvalue weighted by Crippen LogP contribution is -2.25. The molecule has 0 saturated carbocycles. The molecule has 0 amide bonds. The summed E-state index contributed by atoms with van der Waals surface area (Å²) < 4.78 is 40.8. The fourth-order valence-electron chi connectivity index (χ4n) is 2.17.